The van der Waals surface area contributed by atoms with Gasteiger partial charge in [-0.3, -0.25) is 0 Å². The fourth-order valence-electron chi connectivity index (χ4n) is 0. The first-order valence-corrected chi connectivity index (χ1v) is 0. The molecule has 0 saturated carbocycles. The number of hydrogen-bond donors (Lipinski definition) is 0. The van der Waals surface area contributed by atoms with E-state index in [2.05, 4.69) is 0 Å². The molecule has 0 aliphatic carbocycles. The van der Waals surface area contributed by atoms with Crippen LogP contribution in [0.4, 0.5) is 0 Å². The van der Waals surface area contributed by atoms with Gasteiger partial charge in [0.15, 0.2) is 0 Å². The Morgan fingerprint density at radius 1 is 1.20 bits per heavy atom. The van der Waals surface area contributed by atoms with Crippen LogP contribution in [0.3, 0.4) is 0 Å². The molecular formula is H2CaCeFeLaTi. The van der Waals surface area contributed by atoms with Crippen molar-refractivity contribution >= 4 is 37.7 Å². The van der Waals surface area contributed by atoms with Crippen molar-refractivity contribution in [2.75, 3.05) is 0 Å². The first-order valence-electron chi connectivity index (χ1n) is 0. The van der Waals surface area contributed by atoms with Gasteiger partial charge in [-0.15, -0.1) is 0 Å². The molecule has 0 aromatic rings. The maximum atomic E-state index is 0. The molecule has 0 fully saturated rings. The van der Waals surface area contributed by atoms with Crippen molar-refractivity contribution in [3.8, 4) is 0 Å². The largest absolute Gasteiger partial charge is 2.00 e. The van der Waals surface area contributed by atoms with Crippen molar-refractivity contribution in [1.82, 2.24) is 0 Å². The van der Waals surface area contributed by atoms with Crippen molar-refractivity contribution in [3.63, 3.8) is 0 Å². The summed E-state index contributed by atoms with van der Waals surface area (Å²) in [5, 5.41) is 0. The van der Waals surface area contributed by atoms with E-state index in [0.717, 1.165) is 0 Å². The predicted molar refractivity (Wildman–Crippen MR) is 7.98 cm³/mol. The smallest absolute Gasteiger partial charge is 1.00 e. The minimum Gasteiger partial charge on any atom is -1.00 e. The summed E-state index contributed by atoms with van der Waals surface area (Å²) in [7, 11) is 0. The van der Waals surface area contributed by atoms with Crippen molar-refractivity contribution in [3.05, 3.63) is 0 Å². The summed E-state index contributed by atoms with van der Waals surface area (Å²) in [4.78, 5) is 0. The Morgan fingerprint density at radius 2 is 1.20 bits per heavy atom. The van der Waals surface area contributed by atoms with E-state index < -0.39 is 0 Å². The van der Waals surface area contributed by atoms with Crippen LogP contribution in [-0.4, -0.2) is 37.7 Å². The van der Waals surface area contributed by atoms with Gasteiger partial charge in [0.1, 0.15) is 0 Å². The molecule has 0 unspecified atom stereocenters. The van der Waals surface area contributed by atoms with Gasteiger partial charge in [-0.25, -0.2) is 0 Å². The summed E-state index contributed by atoms with van der Waals surface area (Å²) in [6.07, 6.45) is 0. The maximum Gasteiger partial charge on any atom is 2.00 e. The van der Waals surface area contributed by atoms with E-state index in [1.54, 1.807) is 0 Å². The average Bonchev–Trinajstić information content (AvgIpc) is 0. The third-order valence-electron chi connectivity index (χ3n) is 0. The topological polar surface area (TPSA) is 0 Å². The molecule has 0 nitrogen and oxygen atoms in total. The van der Waals surface area contributed by atoms with E-state index >= 15 is 0 Å². The Balaban J connectivity index is 0. The van der Waals surface area contributed by atoms with E-state index in [0.29, 0.717) is 0 Å². The van der Waals surface area contributed by atoms with Crippen LogP contribution < -0.4 is 0 Å². The van der Waals surface area contributed by atoms with Crippen molar-refractivity contribution in [2.24, 2.45) is 0 Å². The molecule has 0 amide bonds. The van der Waals surface area contributed by atoms with Crippen molar-refractivity contribution in [2.45, 2.75) is 0 Å². The van der Waals surface area contributed by atoms with Crippen LogP contribution in [0.25, 0.3) is 0 Å². The fraction of sp³-hybridized carbons (Fsp3) is 0. The van der Waals surface area contributed by atoms with E-state index in [-0.39, 0.29) is 157 Å². The Kier molecular flexibility index (Phi) is 148. The minimum atomic E-state index is 0. The molecule has 5 heteroatoms. The van der Waals surface area contributed by atoms with E-state index in [9.17, 15) is 0 Å². The van der Waals surface area contributed by atoms with Crippen molar-refractivity contribution < 1.29 is 119 Å². The van der Waals surface area contributed by atoms with Gasteiger partial charge in [0.25, 0.3) is 0 Å². The number of hydrogen-bond acceptors (Lipinski definition) is 0. The molecule has 0 aliphatic heterocycles. The monoisotopic (exact) mass is 425 g/mol. The Labute approximate surface area is 152 Å². The molecule has 0 heterocycles. The van der Waals surface area contributed by atoms with Gasteiger partial charge in [-0.05, 0) is 0 Å². The molecule has 1 radical (unpaired) electrons. The van der Waals surface area contributed by atoms with Gasteiger partial charge in [-0.1, -0.05) is 0 Å². The Morgan fingerprint density at radius 3 is 1.20 bits per heavy atom. The van der Waals surface area contributed by atoms with Gasteiger partial charge >= 0.3 is 37.7 Å². The molecular weight excluding hydrogens is 423 g/mol. The summed E-state index contributed by atoms with van der Waals surface area (Å²) in [5.74, 6) is 0. The quantitative estimate of drug-likeness (QED) is 0.474. The van der Waals surface area contributed by atoms with Crippen LogP contribution in [0.5, 0.6) is 0 Å². The minimum absolute atomic E-state index is 0. The zero-order valence-electron chi connectivity index (χ0n) is 4.64. The predicted octanol–water partition coefficient (Wildman–Crippen LogP) is -0.161. The zero-order valence-corrected chi connectivity index (χ0v) is 14.3. The summed E-state index contributed by atoms with van der Waals surface area (Å²) >= 11 is 0. The molecule has 23 valence electrons. The van der Waals surface area contributed by atoms with Crippen LogP contribution in [0.2, 0.25) is 0 Å². The zero-order chi connectivity index (χ0) is 0. The van der Waals surface area contributed by atoms with Gasteiger partial charge in [0, 0.05) is 116 Å². The summed E-state index contributed by atoms with van der Waals surface area (Å²) in [6, 6.07) is 0. The SMILES string of the molecule is [Ca+2].[Ce].[Fe].[H-].[H-].[La].[Ti]. The van der Waals surface area contributed by atoms with E-state index in [1.807, 2.05) is 0 Å². The maximum absolute atomic E-state index is 0. The van der Waals surface area contributed by atoms with Crippen LogP contribution in [0.1, 0.15) is 2.85 Å². The molecule has 0 spiro atoms. The average molecular weight is 425 g/mol. The molecule has 0 aromatic heterocycles. The molecule has 0 rings (SSSR count). The third kappa shape index (κ3) is 17.6. The van der Waals surface area contributed by atoms with Crippen LogP contribution in [-0.2, 0) is 38.8 Å². The van der Waals surface area contributed by atoms with Gasteiger partial charge < -0.3 is 2.85 Å². The summed E-state index contributed by atoms with van der Waals surface area (Å²) in [6.45, 7) is 0. The molecule has 5 heavy (non-hydrogen) atoms. The first kappa shape index (κ1) is 32.2. The second kappa shape index (κ2) is 23.0. The standard InChI is InChI=1S/Ca.Ce.Fe.La.Ti.2H/q+2;;;;;2*-1. The molecule has 0 aromatic carbocycles. The molecule has 0 aliphatic rings. The van der Waals surface area contributed by atoms with Crippen LogP contribution >= 0.6 is 0 Å². The van der Waals surface area contributed by atoms with E-state index in [1.165, 1.54) is 0 Å². The molecule has 0 N–H and O–H groups in total. The first-order chi connectivity index (χ1) is 0. The second-order valence-electron chi connectivity index (χ2n) is 0. The molecule has 0 saturated heterocycles. The second-order valence-corrected chi connectivity index (χ2v) is 0. The van der Waals surface area contributed by atoms with E-state index in [4.69, 9.17) is 0 Å². The number of rotatable bonds is 0. The fourth-order valence-corrected chi connectivity index (χ4v) is 0. The van der Waals surface area contributed by atoms with Crippen LogP contribution in [0.15, 0.2) is 0 Å². The van der Waals surface area contributed by atoms with Crippen molar-refractivity contribution in [1.29, 1.82) is 0 Å². The molecule has 0 bridgehead atoms. The third-order valence-corrected chi connectivity index (χ3v) is 0. The van der Waals surface area contributed by atoms with Crippen LogP contribution in [0, 0.1) is 77.3 Å². The van der Waals surface area contributed by atoms with Gasteiger partial charge in [0.2, 0.25) is 0 Å². The summed E-state index contributed by atoms with van der Waals surface area (Å²) < 4.78 is 0. The summed E-state index contributed by atoms with van der Waals surface area (Å²) in [5.41, 5.74) is 0. The Bertz CT molecular complexity index is 17.7. The van der Waals surface area contributed by atoms with Gasteiger partial charge in [-0.2, -0.15) is 0 Å². The normalized spacial score (nSPS) is 0. The van der Waals surface area contributed by atoms with Gasteiger partial charge in [0.05, 0.1) is 0 Å². The Hall–Kier alpha value is 5.06. The molecule has 0 atom stereocenters.